The Labute approximate surface area is 233 Å². The van der Waals surface area contributed by atoms with E-state index in [1.807, 2.05) is 0 Å². The number of esters is 2. The number of fused-ring (bicyclic) bond motifs is 1. The van der Waals surface area contributed by atoms with E-state index in [4.69, 9.17) is 27.1 Å². The second kappa shape index (κ2) is 12.4. The standard InChI is InChI=1S/C22H34FN4O11PS/c1-11(2)34-16(29)13(5)25-39(32,26-14(6)17(30)35-12(3)4)33-10-22(23)18-21(7,38-40-37-18)19(36-22)27-9-8-15(28)24-20(27)31/h8-9,11-14,18-19H,10H2,1-7H3,(H,24,28,31)(H2,25,26,32)/t13-,14-,18-,19+,21+,22+/m0/s1. The minimum atomic E-state index is -4.43. The minimum absolute atomic E-state index is 0.463. The summed E-state index contributed by atoms with van der Waals surface area (Å²) in [5.41, 5.74) is -3.17. The van der Waals surface area contributed by atoms with Crippen molar-refractivity contribution < 1.29 is 45.6 Å². The lowest BCUT2D eigenvalue weighted by atomic mass is 9.95. The number of alkyl halides is 1. The summed E-state index contributed by atoms with van der Waals surface area (Å²) in [6.07, 6.45) is -2.80. The Bertz CT molecular complexity index is 1230. The third kappa shape index (κ3) is 7.20. The third-order valence-electron chi connectivity index (χ3n) is 5.74. The maximum atomic E-state index is 16.4. The van der Waals surface area contributed by atoms with Gasteiger partial charge in [-0.25, -0.2) is 19.4 Å². The van der Waals surface area contributed by atoms with Crippen LogP contribution in [-0.4, -0.2) is 69.9 Å². The van der Waals surface area contributed by atoms with E-state index in [-0.39, 0.29) is 0 Å². The molecule has 1 aromatic rings. The minimum Gasteiger partial charge on any atom is -0.462 e. The normalized spacial score (nSPS) is 27.9. The maximum Gasteiger partial charge on any atom is 0.342 e. The van der Waals surface area contributed by atoms with Gasteiger partial charge >= 0.3 is 25.3 Å². The van der Waals surface area contributed by atoms with E-state index in [1.54, 1.807) is 27.7 Å². The Kier molecular flexibility index (Phi) is 10.1. The summed E-state index contributed by atoms with van der Waals surface area (Å²) in [4.78, 5) is 50.8. The van der Waals surface area contributed by atoms with Crippen LogP contribution in [0.5, 0.6) is 0 Å². The Morgan fingerprint density at radius 2 is 1.68 bits per heavy atom. The van der Waals surface area contributed by atoms with Gasteiger partial charge in [0.15, 0.2) is 30.3 Å². The van der Waals surface area contributed by atoms with Gasteiger partial charge in [0.1, 0.15) is 18.7 Å². The van der Waals surface area contributed by atoms with Crippen LogP contribution in [0.25, 0.3) is 0 Å². The average Bonchev–Trinajstić information content (AvgIpc) is 3.32. The van der Waals surface area contributed by atoms with Crippen LogP contribution in [0.4, 0.5) is 4.39 Å². The number of ether oxygens (including phenoxy) is 3. The van der Waals surface area contributed by atoms with Crippen molar-refractivity contribution in [1.82, 2.24) is 19.7 Å². The molecule has 0 bridgehead atoms. The number of rotatable bonds is 12. The molecular weight excluding hydrogens is 578 g/mol. The summed E-state index contributed by atoms with van der Waals surface area (Å²) < 4.78 is 63.3. The molecule has 0 aliphatic carbocycles. The molecule has 0 aromatic carbocycles. The van der Waals surface area contributed by atoms with Gasteiger partial charge in [0, 0.05) is 12.3 Å². The number of halogens is 1. The van der Waals surface area contributed by atoms with Gasteiger partial charge in [0.05, 0.1) is 12.2 Å². The molecule has 0 unspecified atom stereocenters. The van der Waals surface area contributed by atoms with Crippen molar-refractivity contribution in [2.45, 2.75) is 96.5 Å². The van der Waals surface area contributed by atoms with Crippen molar-refractivity contribution in [1.29, 1.82) is 0 Å². The number of carbonyl (C=O) groups excluding carboxylic acids is 2. The molecule has 2 aliphatic heterocycles. The predicted octanol–water partition coefficient (Wildman–Crippen LogP) is 1.45. The fourth-order valence-electron chi connectivity index (χ4n) is 3.94. The van der Waals surface area contributed by atoms with E-state index in [1.165, 1.54) is 20.8 Å². The van der Waals surface area contributed by atoms with E-state index >= 15 is 4.39 Å². The SMILES string of the molecule is CC(C)OC(=O)[C@H](C)NP(=O)(N[C@@H](C)C(=O)OC(C)C)OC[C@@]1(F)O[C@@H](n2ccc(=O)[nH]c2=O)[C@]2(C)OSO[C@@H]21. The first-order valence-electron chi connectivity index (χ1n) is 12.4. The van der Waals surface area contributed by atoms with E-state index in [0.717, 1.165) is 16.8 Å². The number of hydrogen-bond acceptors (Lipinski definition) is 12. The van der Waals surface area contributed by atoms with Crippen LogP contribution >= 0.6 is 20.0 Å². The molecule has 18 heteroatoms. The van der Waals surface area contributed by atoms with Crippen LogP contribution in [0.15, 0.2) is 21.9 Å². The van der Waals surface area contributed by atoms with Gasteiger partial charge in [-0.2, -0.15) is 0 Å². The van der Waals surface area contributed by atoms with E-state index in [0.29, 0.717) is 12.3 Å². The highest BCUT2D eigenvalue weighted by molar-refractivity contribution is 7.90. The monoisotopic (exact) mass is 612 g/mol. The van der Waals surface area contributed by atoms with Crippen LogP contribution in [0.1, 0.15) is 54.7 Å². The molecular formula is C22H34FN4O11PS. The highest BCUT2D eigenvalue weighted by Crippen LogP contribution is 2.56. The van der Waals surface area contributed by atoms with Gasteiger partial charge in [-0.3, -0.25) is 41.4 Å². The van der Waals surface area contributed by atoms with Crippen molar-refractivity contribution in [3.05, 3.63) is 33.1 Å². The van der Waals surface area contributed by atoms with Gasteiger partial charge in [-0.15, -0.1) is 0 Å². The van der Waals surface area contributed by atoms with Crippen LogP contribution in [0, 0.1) is 0 Å². The molecule has 0 amide bonds. The Morgan fingerprint density at radius 3 is 2.17 bits per heavy atom. The number of nitrogens with one attached hydrogen (secondary N) is 3. The van der Waals surface area contributed by atoms with E-state index in [9.17, 15) is 23.7 Å². The smallest absolute Gasteiger partial charge is 0.342 e. The second-order valence-corrected chi connectivity index (χ2v) is 12.5. The lowest BCUT2D eigenvalue weighted by Gasteiger charge is -2.30. The van der Waals surface area contributed by atoms with Gasteiger partial charge < -0.3 is 14.2 Å². The summed E-state index contributed by atoms with van der Waals surface area (Å²) in [7, 11) is -4.43. The predicted molar refractivity (Wildman–Crippen MR) is 138 cm³/mol. The molecule has 2 aliphatic rings. The third-order valence-corrected chi connectivity index (χ3v) is 8.39. The highest BCUT2D eigenvalue weighted by atomic mass is 32.2. The molecule has 3 rings (SSSR count). The summed E-state index contributed by atoms with van der Waals surface area (Å²) in [6.45, 7) is 9.53. The van der Waals surface area contributed by atoms with Crippen molar-refractivity contribution in [2.75, 3.05) is 6.61 Å². The molecule has 3 N–H and O–H groups in total. The fourth-order valence-corrected chi connectivity index (χ4v) is 6.52. The molecule has 0 saturated carbocycles. The molecule has 226 valence electrons. The summed E-state index contributed by atoms with van der Waals surface area (Å²) in [6, 6.07) is -1.39. The molecule has 0 radical (unpaired) electrons. The van der Waals surface area contributed by atoms with Crippen molar-refractivity contribution in [3.8, 4) is 0 Å². The quantitative estimate of drug-likeness (QED) is 0.175. The van der Waals surface area contributed by atoms with Crippen molar-refractivity contribution in [3.63, 3.8) is 0 Å². The number of nitrogens with zero attached hydrogens (tertiary/aromatic N) is 1. The Hall–Kier alpha value is -2.11. The lowest BCUT2D eigenvalue weighted by Crippen LogP contribution is -2.49. The van der Waals surface area contributed by atoms with Crippen LogP contribution in [-0.2, 0) is 41.3 Å². The lowest BCUT2D eigenvalue weighted by molar-refractivity contribution is -0.199. The van der Waals surface area contributed by atoms with Crippen molar-refractivity contribution in [2.24, 2.45) is 0 Å². The average molecular weight is 613 g/mol. The number of carbonyl (C=O) groups is 2. The van der Waals surface area contributed by atoms with Gasteiger partial charge in [0.25, 0.3) is 11.4 Å². The number of hydrogen-bond donors (Lipinski definition) is 3. The summed E-state index contributed by atoms with van der Waals surface area (Å²) >= 11 is 0.463. The molecule has 6 atom stereocenters. The maximum absolute atomic E-state index is 16.4. The van der Waals surface area contributed by atoms with Crippen LogP contribution in [0.2, 0.25) is 0 Å². The number of aromatic amines is 1. The number of H-pyrrole nitrogens is 1. The zero-order chi connectivity index (χ0) is 30.0. The molecule has 2 fully saturated rings. The molecule has 1 aromatic heterocycles. The molecule has 3 heterocycles. The Balaban J connectivity index is 1.87. The van der Waals surface area contributed by atoms with Crippen LogP contribution in [0.3, 0.4) is 0 Å². The Morgan fingerprint density at radius 1 is 1.12 bits per heavy atom. The second-order valence-electron chi connectivity index (χ2n) is 10.1. The van der Waals surface area contributed by atoms with Gasteiger partial charge in [-0.1, -0.05) is 0 Å². The fraction of sp³-hybridized carbons (Fsp3) is 0.727. The van der Waals surface area contributed by atoms with Crippen LogP contribution < -0.4 is 21.4 Å². The summed E-state index contributed by atoms with van der Waals surface area (Å²) in [5.74, 6) is -4.42. The first-order chi connectivity index (χ1) is 18.5. The van der Waals surface area contributed by atoms with Gasteiger partial charge in [0.2, 0.25) is 0 Å². The highest BCUT2D eigenvalue weighted by Gasteiger charge is 2.70. The zero-order valence-electron chi connectivity index (χ0n) is 23.0. The topological polar surface area (TPSA) is 186 Å². The first-order valence-corrected chi connectivity index (χ1v) is 14.7. The molecule has 2 saturated heterocycles. The number of aromatic nitrogens is 2. The first kappa shape index (κ1) is 32.4. The summed E-state index contributed by atoms with van der Waals surface area (Å²) in [5, 5.41) is 4.90. The molecule has 15 nitrogen and oxygen atoms in total. The van der Waals surface area contributed by atoms with E-state index < -0.39 is 85.5 Å². The largest absolute Gasteiger partial charge is 0.462 e. The molecule has 40 heavy (non-hydrogen) atoms. The van der Waals surface area contributed by atoms with Crippen molar-refractivity contribution >= 4 is 31.9 Å². The zero-order valence-corrected chi connectivity index (χ0v) is 24.7. The van der Waals surface area contributed by atoms with E-state index in [2.05, 4.69) is 15.2 Å². The van der Waals surface area contributed by atoms with Gasteiger partial charge in [-0.05, 0) is 48.5 Å². The molecule has 0 spiro atoms.